The summed E-state index contributed by atoms with van der Waals surface area (Å²) in [5.74, 6) is -0.740. The molecule has 0 fully saturated rings. The van der Waals surface area contributed by atoms with Crippen LogP contribution < -0.4 is 10.6 Å². The highest BCUT2D eigenvalue weighted by Gasteiger charge is 2.10. The molecule has 0 saturated carbocycles. The third-order valence-corrected chi connectivity index (χ3v) is 3.68. The third-order valence-electron chi connectivity index (χ3n) is 3.68. The number of aromatic nitrogens is 1. The molecule has 7 heteroatoms. The van der Waals surface area contributed by atoms with Crippen LogP contribution in [0.2, 0.25) is 0 Å². The fraction of sp³-hybridized carbons (Fsp3) is 0.0500. The lowest BCUT2D eigenvalue weighted by molar-refractivity contribution is 0.0600. The van der Waals surface area contributed by atoms with E-state index in [4.69, 9.17) is 0 Å². The standard InChI is InChI=1S/C20H16FN3O3/c1-27-20(26)14-3-2-4-17(11-14)24-19(25)13-9-10-22-18(12-13)23-16-7-5-15(21)6-8-16/h2-12H,1H3,(H,22,23)(H,24,25). The number of rotatable bonds is 5. The number of esters is 1. The first kappa shape index (κ1) is 18.1. The number of carbonyl (C=O) groups excluding carboxylic acids is 2. The Hall–Kier alpha value is -3.74. The molecule has 0 aliphatic rings. The number of benzene rings is 2. The molecular weight excluding hydrogens is 349 g/mol. The van der Waals surface area contributed by atoms with Crippen molar-refractivity contribution in [2.75, 3.05) is 17.7 Å². The number of carbonyl (C=O) groups is 2. The molecule has 0 unspecified atom stereocenters. The third kappa shape index (κ3) is 4.66. The average molecular weight is 365 g/mol. The Labute approximate surface area is 155 Å². The second-order valence-corrected chi connectivity index (χ2v) is 5.59. The number of amides is 1. The van der Waals surface area contributed by atoms with E-state index < -0.39 is 5.97 Å². The molecule has 2 aromatic carbocycles. The van der Waals surface area contributed by atoms with Gasteiger partial charge in [0.2, 0.25) is 0 Å². The van der Waals surface area contributed by atoms with Gasteiger partial charge in [-0.15, -0.1) is 0 Å². The summed E-state index contributed by atoms with van der Waals surface area (Å²) in [6.07, 6.45) is 1.49. The summed E-state index contributed by atoms with van der Waals surface area (Å²) in [7, 11) is 1.29. The Morgan fingerprint density at radius 1 is 0.963 bits per heavy atom. The number of halogens is 1. The van der Waals surface area contributed by atoms with Crippen molar-refractivity contribution in [3.63, 3.8) is 0 Å². The highest BCUT2D eigenvalue weighted by Crippen LogP contribution is 2.17. The summed E-state index contributed by atoms with van der Waals surface area (Å²) < 4.78 is 17.6. The molecule has 0 aliphatic carbocycles. The van der Waals surface area contributed by atoms with Gasteiger partial charge in [-0.2, -0.15) is 0 Å². The van der Waals surface area contributed by atoms with E-state index in [0.717, 1.165) is 0 Å². The van der Waals surface area contributed by atoms with E-state index in [0.29, 0.717) is 28.3 Å². The van der Waals surface area contributed by atoms with Crippen molar-refractivity contribution in [1.29, 1.82) is 0 Å². The molecule has 2 N–H and O–H groups in total. The van der Waals surface area contributed by atoms with Crippen LogP contribution in [0.4, 0.5) is 21.6 Å². The molecule has 1 amide bonds. The maximum atomic E-state index is 13.0. The highest BCUT2D eigenvalue weighted by molar-refractivity contribution is 6.05. The summed E-state index contributed by atoms with van der Waals surface area (Å²) in [5, 5.41) is 5.73. The van der Waals surface area contributed by atoms with Gasteiger partial charge in [-0.1, -0.05) is 6.07 Å². The zero-order valence-electron chi connectivity index (χ0n) is 14.4. The Bertz CT molecular complexity index is 974. The number of methoxy groups -OCH3 is 1. The van der Waals surface area contributed by atoms with Crippen molar-refractivity contribution >= 4 is 29.1 Å². The number of ether oxygens (including phenoxy) is 1. The molecule has 27 heavy (non-hydrogen) atoms. The van der Waals surface area contributed by atoms with Crippen LogP contribution in [0.25, 0.3) is 0 Å². The molecule has 0 radical (unpaired) electrons. The number of nitrogens with one attached hydrogen (secondary N) is 2. The second kappa shape index (κ2) is 8.09. The van der Waals surface area contributed by atoms with Gasteiger partial charge in [0.15, 0.2) is 0 Å². The number of hydrogen-bond donors (Lipinski definition) is 2. The molecule has 136 valence electrons. The van der Waals surface area contributed by atoms with E-state index in [1.165, 1.54) is 31.5 Å². The monoisotopic (exact) mass is 365 g/mol. The molecule has 6 nitrogen and oxygen atoms in total. The minimum absolute atomic E-state index is 0.337. The predicted octanol–water partition coefficient (Wildman–Crippen LogP) is 4.00. The fourth-order valence-corrected chi connectivity index (χ4v) is 2.37. The minimum atomic E-state index is -0.485. The largest absolute Gasteiger partial charge is 0.465 e. The van der Waals surface area contributed by atoms with E-state index >= 15 is 0 Å². The van der Waals surface area contributed by atoms with Crippen LogP contribution in [0.15, 0.2) is 66.9 Å². The van der Waals surface area contributed by atoms with E-state index in [1.807, 2.05) is 0 Å². The topological polar surface area (TPSA) is 80.3 Å². The molecule has 1 heterocycles. The van der Waals surface area contributed by atoms with Gasteiger partial charge in [0, 0.05) is 23.1 Å². The van der Waals surface area contributed by atoms with Crippen molar-refractivity contribution in [1.82, 2.24) is 4.98 Å². The summed E-state index contributed by atoms with van der Waals surface area (Å²) in [6.45, 7) is 0. The molecule has 0 aliphatic heterocycles. The maximum absolute atomic E-state index is 13.0. The average Bonchev–Trinajstić information content (AvgIpc) is 2.69. The number of anilines is 3. The van der Waals surface area contributed by atoms with E-state index in [9.17, 15) is 14.0 Å². The molecule has 3 aromatic rings. The van der Waals surface area contributed by atoms with Gasteiger partial charge in [-0.3, -0.25) is 4.79 Å². The van der Waals surface area contributed by atoms with E-state index in [2.05, 4.69) is 20.4 Å². The number of nitrogens with zero attached hydrogens (tertiary/aromatic N) is 1. The summed E-state index contributed by atoms with van der Waals surface area (Å²) in [5.41, 5.74) is 1.82. The molecule has 0 bridgehead atoms. The van der Waals surface area contributed by atoms with Crippen molar-refractivity contribution in [3.05, 3.63) is 83.8 Å². The van der Waals surface area contributed by atoms with Crippen LogP contribution in [0.3, 0.4) is 0 Å². The smallest absolute Gasteiger partial charge is 0.337 e. The Balaban J connectivity index is 1.73. The van der Waals surface area contributed by atoms with Gasteiger partial charge in [0.1, 0.15) is 11.6 Å². The maximum Gasteiger partial charge on any atom is 0.337 e. The van der Waals surface area contributed by atoms with E-state index in [1.54, 1.807) is 42.5 Å². The lowest BCUT2D eigenvalue weighted by atomic mass is 10.2. The van der Waals surface area contributed by atoms with Gasteiger partial charge < -0.3 is 15.4 Å². The first-order valence-corrected chi connectivity index (χ1v) is 8.03. The van der Waals surface area contributed by atoms with Crippen molar-refractivity contribution in [3.8, 4) is 0 Å². The van der Waals surface area contributed by atoms with Gasteiger partial charge in [-0.25, -0.2) is 14.2 Å². The van der Waals surface area contributed by atoms with Crippen LogP contribution >= 0.6 is 0 Å². The lowest BCUT2D eigenvalue weighted by Crippen LogP contribution is -2.13. The Morgan fingerprint density at radius 2 is 1.74 bits per heavy atom. The SMILES string of the molecule is COC(=O)c1cccc(NC(=O)c2ccnc(Nc3ccc(F)cc3)c2)c1. The first-order valence-electron chi connectivity index (χ1n) is 8.03. The first-order chi connectivity index (χ1) is 13.0. The number of hydrogen-bond acceptors (Lipinski definition) is 5. The fourth-order valence-electron chi connectivity index (χ4n) is 2.37. The van der Waals surface area contributed by atoms with Crippen LogP contribution in [-0.4, -0.2) is 24.0 Å². The zero-order valence-corrected chi connectivity index (χ0v) is 14.4. The molecule has 0 saturated heterocycles. The van der Waals surface area contributed by atoms with E-state index in [-0.39, 0.29) is 11.7 Å². The molecular formula is C20H16FN3O3. The number of pyridine rings is 1. The van der Waals surface area contributed by atoms with Crippen LogP contribution in [0.5, 0.6) is 0 Å². The van der Waals surface area contributed by atoms with Crippen molar-refractivity contribution < 1.29 is 18.7 Å². The predicted molar refractivity (Wildman–Crippen MR) is 99.7 cm³/mol. The summed E-state index contributed by atoms with van der Waals surface area (Å²) >= 11 is 0. The quantitative estimate of drug-likeness (QED) is 0.668. The minimum Gasteiger partial charge on any atom is -0.465 e. The van der Waals surface area contributed by atoms with Crippen molar-refractivity contribution in [2.24, 2.45) is 0 Å². The normalized spacial score (nSPS) is 10.1. The van der Waals surface area contributed by atoms with Gasteiger partial charge in [-0.05, 0) is 54.6 Å². The van der Waals surface area contributed by atoms with Crippen LogP contribution in [-0.2, 0) is 4.74 Å². The van der Waals surface area contributed by atoms with Crippen LogP contribution in [0.1, 0.15) is 20.7 Å². The van der Waals surface area contributed by atoms with Crippen molar-refractivity contribution in [2.45, 2.75) is 0 Å². The Morgan fingerprint density at radius 3 is 2.48 bits per heavy atom. The zero-order chi connectivity index (χ0) is 19.2. The molecule has 0 atom stereocenters. The van der Waals surface area contributed by atoms with Gasteiger partial charge >= 0.3 is 5.97 Å². The molecule has 0 spiro atoms. The molecule has 3 rings (SSSR count). The van der Waals surface area contributed by atoms with Gasteiger partial charge in [0.05, 0.1) is 12.7 Å². The van der Waals surface area contributed by atoms with Crippen LogP contribution in [0, 0.1) is 5.82 Å². The lowest BCUT2D eigenvalue weighted by Gasteiger charge is -2.09. The summed E-state index contributed by atoms with van der Waals surface area (Å²) in [6, 6.07) is 15.4. The van der Waals surface area contributed by atoms with Gasteiger partial charge in [0.25, 0.3) is 5.91 Å². The second-order valence-electron chi connectivity index (χ2n) is 5.59. The summed E-state index contributed by atoms with van der Waals surface area (Å²) in [4.78, 5) is 28.2. The Kier molecular flexibility index (Phi) is 5.41. The highest BCUT2D eigenvalue weighted by atomic mass is 19.1. The molecule has 1 aromatic heterocycles.